The molecule has 8 aliphatic carbocycles. The molecule has 8 saturated carbocycles. The highest BCUT2D eigenvalue weighted by Gasteiger charge is 2.91. The Kier molecular flexibility index (Phi) is 30.2. The number of halogens is 34. The molecule has 0 aliphatic heterocycles. The van der Waals surface area contributed by atoms with E-state index in [0.29, 0.717) is 19.3 Å². The van der Waals surface area contributed by atoms with Crippen molar-refractivity contribution in [2.75, 3.05) is 0 Å². The standard InChI is InChI=1S/C12H15F9.C10H14F6.C9H13F3.C9H15F3.C8H7F9.C8H12F4.2C2H6/c1-4-5(2)8(11(16,17)18)9(12(19,20)21)6(3)7(4)10(13,14)15;1-5-3-6(2)8(10(14,15)16)7(4-5)9(11,12)13;1-5-6-3-4-7(5)8(6,2)9(10,11)12;1-6-3-7(2)5-8(4-6)9(10,11)12;1-3-5(10,11)4(2,9)7(14,15)8(16,17)6(3,12)13;1-3-5(9)4(2)7(11)8(12)6(3)10;2*1-2/h4-9H,1-3H3;5-8H,3-4H2,1-2H3;5-7H,3-4H2,1-2H3;6-8H,3-5H2,1-2H3;3H,1-2H3;3-8H,1-2H3;2*1-2H3/t;;5?,6-,7+,8?;;;;;/i;;;6D;;;;. The average molecular weight is 1460 g/mol. The van der Waals surface area contributed by atoms with Crippen molar-refractivity contribution in [2.45, 2.75) is 260 Å². The van der Waals surface area contributed by atoms with Gasteiger partial charge in [0.05, 0.1) is 46.8 Å². The molecule has 0 aromatic rings. The summed E-state index contributed by atoms with van der Waals surface area (Å²) >= 11 is 0. The molecule has 23 atom stereocenters. The Labute approximate surface area is 527 Å². The first-order valence-corrected chi connectivity index (χ1v) is 30.6. The van der Waals surface area contributed by atoms with Crippen LogP contribution in [-0.4, -0.2) is 97.3 Å². The average Bonchev–Trinajstić information content (AvgIpc) is 1.61. The van der Waals surface area contributed by atoms with E-state index in [2.05, 4.69) is 0 Å². The van der Waals surface area contributed by atoms with Crippen molar-refractivity contribution in [1.29, 1.82) is 0 Å². The molecule has 0 amide bonds. The van der Waals surface area contributed by atoms with Crippen LogP contribution in [0.2, 0.25) is 0 Å². The Morgan fingerprint density at radius 1 is 0.340 bits per heavy atom. The molecule has 0 aromatic carbocycles. The predicted molar refractivity (Wildman–Crippen MR) is 283 cm³/mol. The third-order valence-corrected chi connectivity index (χ3v) is 20.3. The fraction of sp³-hybridized carbons (Fsp3) is 1.00. The van der Waals surface area contributed by atoms with Crippen LogP contribution in [0.1, 0.15) is 164 Å². The van der Waals surface area contributed by atoms with Crippen LogP contribution in [0.15, 0.2) is 0 Å². The smallest absolute Gasteiger partial charge is 0.247 e. The van der Waals surface area contributed by atoms with Crippen LogP contribution in [0.4, 0.5) is 149 Å². The molecule has 0 heterocycles. The quantitative estimate of drug-likeness (QED) is 0.212. The van der Waals surface area contributed by atoms with E-state index < -0.39 is 199 Å². The summed E-state index contributed by atoms with van der Waals surface area (Å²) in [6.07, 6.45) is -38.8. The fourth-order valence-corrected chi connectivity index (χ4v) is 15.0. The van der Waals surface area contributed by atoms with Gasteiger partial charge in [0.25, 0.3) is 5.92 Å². The second-order valence-corrected chi connectivity index (χ2v) is 26.5. The van der Waals surface area contributed by atoms with Crippen molar-refractivity contribution in [3.05, 3.63) is 0 Å². The van der Waals surface area contributed by atoms with Crippen molar-refractivity contribution in [3.63, 3.8) is 0 Å². The molecular weight excluding hydrogens is 1370 g/mol. The lowest BCUT2D eigenvalue weighted by molar-refractivity contribution is -0.431. The molecule has 34 heteroatoms. The van der Waals surface area contributed by atoms with E-state index in [0.717, 1.165) is 26.7 Å². The third kappa shape index (κ3) is 19.2. The van der Waals surface area contributed by atoms with Crippen LogP contribution < -0.4 is 0 Å². The molecule has 0 radical (unpaired) electrons. The molecule has 8 fully saturated rings. The van der Waals surface area contributed by atoms with Crippen LogP contribution in [-0.2, 0) is 0 Å². The van der Waals surface area contributed by atoms with E-state index in [1.807, 2.05) is 34.6 Å². The van der Waals surface area contributed by atoms with E-state index in [1.165, 1.54) is 27.7 Å². The summed E-state index contributed by atoms with van der Waals surface area (Å²) in [5, 5.41) is 0. The molecule has 2 bridgehead atoms. The van der Waals surface area contributed by atoms with Crippen LogP contribution in [0.5, 0.6) is 0 Å². The minimum atomic E-state index is -6.19. The van der Waals surface area contributed by atoms with Gasteiger partial charge in [0, 0.05) is 13.2 Å². The number of rotatable bonds is 0. The first-order valence-electron chi connectivity index (χ1n) is 31.1. The van der Waals surface area contributed by atoms with Crippen molar-refractivity contribution >= 4 is 0 Å². The number of alkyl halides is 34. The normalized spacial score (nSPS) is 42.5. The van der Waals surface area contributed by atoms with Gasteiger partial charge in [-0.2, -0.15) is 119 Å². The summed E-state index contributed by atoms with van der Waals surface area (Å²) in [6.45, 7) is 21.9. The zero-order chi connectivity index (χ0) is 76.7. The lowest BCUT2D eigenvalue weighted by Gasteiger charge is -2.53. The van der Waals surface area contributed by atoms with Gasteiger partial charge >= 0.3 is 61.0 Å². The molecule has 8 aliphatic rings. The van der Waals surface area contributed by atoms with Gasteiger partial charge < -0.3 is 0 Å². The van der Waals surface area contributed by atoms with E-state index in [4.69, 9.17) is 1.37 Å². The zero-order valence-corrected chi connectivity index (χ0v) is 54.5. The minimum absolute atomic E-state index is 0.0166. The Bertz CT molecular complexity index is 2190. The first-order chi connectivity index (χ1) is 41.8. The van der Waals surface area contributed by atoms with Gasteiger partial charge in [-0.15, -0.1) is 0 Å². The fourth-order valence-electron chi connectivity index (χ4n) is 15.0. The van der Waals surface area contributed by atoms with Gasteiger partial charge in [0.15, 0.2) is 6.17 Å². The second kappa shape index (κ2) is 31.7. The number of hydrogen-bond acceptors (Lipinski definition) is 0. The highest BCUT2D eigenvalue weighted by atomic mass is 19.4. The van der Waals surface area contributed by atoms with Crippen molar-refractivity contribution in [3.8, 4) is 0 Å². The topological polar surface area (TPSA) is 0 Å². The third-order valence-electron chi connectivity index (χ3n) is 20.3. The van der Waals surface area contributed by atoms with Gasteiger partial charge in [-0.25, -0.2) is 30.7 Å². The van der Waals surface area contributed by atoms with E-state index in [1.54, 1.807) is 20.8 Å². The monoisotopic (exact) mass is 1460 g/mol. The first kappa shape index (κ1) is 89.6. The summed E-state index contributed by atoms with van der Waals surface area (Å²) in [7, 11) is 0. The van der Waals surface area contributed by atoms with E-state index in [-0.39, 0.29) is 49.9 Å². The van der Waals surface area contributed by atoms with E-state index in [9.17, 15) is 149 Å². The summed E-state index contributed by atoms with van der Waals surface area (Å²) in [6, 6.07) is 0. The maximum absolute atomic E-state index is 13.2. The summed E-state index contributed by atoms with van der Waals surface area (Å²) in [5.74, 6) is -50.5. The number of fused-ring (bicyclic) bond motifs is 1. The number of hydrogen-bond donors (Lipinski definition) is 0. The molecule has 0 N–H and O–H groups in total. The Morgan fingerprint density at radius 3 is 1.00 bits per heavy atom. The molecule has 21 unspecified atom stereocenters. The van der Waals surface area contributed by atoms with Gasteiger partial charge in [-0.05, 0) is 111 Å². The van der Waals surface area contributed by atoms with Crippen LogP contribution in [0.25, 0.3) is 0 Å². The summed E-state index contributed by atoms with van der Waals surface area (Å²) < 4.78 is 442. The van der Waals surface area contributed by atoms with Crippen molar-refractivity contribution < 1.29 is 151 Å². The van der Waals surface area contributed by atoms with Crippen molar-refractivity contribution in [2.24, 2.45) is 118 Å². The molecule has 8 rings (SSSR count). The van der Waals surface area contributed by atoms with E-state index >= 15 is 0 Å². The van der Waals surface area contributed by atoms with Crippen LogP contribution in [0, 0.1) is 118 Å². The Balaban J connectivity index is 0.00000111. The second-order valence-electron chi connectivity index (χ2n) is 26.5. The SMILES string of the molecule is CC.CC.CC1C(C)C(C(F)(F)F)C(C(F)(F)F)C(C)C1C(F)(F)F.CC1C(F)(F)C(C)(F)C(F)(F)C(F)(F)C1(F)F.CC1C(F)C(C)C(F)C(F)C1F.CC1CC(C)C(C(F)(F)F)C(C(F)(F)F)C1.CC1[C@H]2CC[C@@H]1C2(C)C(F)(F)F.[2H]C1(C)CC(C)CC(C(F)(F)F)C1. The zero-order valence-electron chi connectivity index (χ0n) is 55.5. The van der Waals surface area contributed by atoms with Gasteiger partial charge in [-0.3, -0.25) is 0 Å². The Hall–Kier alpha value is -2.38. The molecule has 0 nitrogen and oxygen atoms in total. The largest absolute Gasteiger partial charge is 0.394 e. The molecular formula is C60H88F34. The minimum Gasteiger partial charge on any atom is -0.247 e. The maximum atomic E-state index is 13.2. The van der Waals surface area contributed by atoms with Crippen LogP contribution in [0.3, 0.4) is 0 Å². The molecule has 566 valence electrons. The lowest BCUT2D eigenvalue weighted by Crippen LogP contribution is -2.77. The van der Waals surface area contributed by atoms with Gasteiger partial charge in [0.1, 0.15) is 18.5 Å². The summed E-state index contributed by atoms with van der Waals surface area (Å²) in [5.41, 5.74) is -6.41. The highest BCUT2D eigenvalue weighted by Crippen LogP contribution is 2.71. The molecule has 0 spiro atoms. The highest BCUT2D eigenvalue weighted by molar-refractivity contribution is 5.20. The molecule has 0 aromatic heterocycles. The van der Waals surface area contributed by atoms with Crippen molar-refractivity contribution in [1.82, 2.24) is 0 Å². The Morgan fingerprint density at radius 2 is 0.691 bits per heavy atom. The predicted octanol–water partition coefficient (Wildman–Crippen LogP) is 25.3. The van der Waals surface area contributed by atoms with Gasteiger partial charge in [-0.1, -0.05) is 111 Å². The maximum Gasteiger partial charge on any atom is 0.394 e. The van der Waals surface area contributed by atoms with Gasteiger partial charge in [0.2, 0.25) is 5.67 Å². The molecule has 0 saturated heterocycles. The summed E-state index contributed by atoms with van der Waals surface area (Å²) in [4.78, 5) is 0. The lowest BCUT2D eigenvalue weighted by atomic mass is 9.53. The molecule has 94 heavy (non-hydrogen) atoms. The van der Waals surface area contributed by atoms with Crippen LogP contribution >= 0.6 is 0 Å².